The lowest BCUT2D eigenvalue weighted by Crippen LogP contribution is -2.56. The number of amides is 1. The van der Waals surface area contributed by atoms with Crippen molar-refractivity contribution in [2.24, 2.45) is 5.41 Å². The Morgan fingerprint density at radius 1 is 0.897 bits per heavy atom. The lowest BCUT2D eigenvalue weighted by atomic mass is 9.74. The molecule has 2 saturated carbocycles. The second-order valence-electron chi connectivity index (χ2n) is 8.84. The van der Waals surface area contributed by atoms with E-state index in [0.717, 1.165) is 24.0 Å². The van der Waals surface area contributed by atoms with Crippen molar-refractivity contribution in [2.75, 3.05) is 6.61 Å². The molecule has 3 aliphatic rings. The van der Waals surface area contributed by atoms with Crippen LogP contribution in [-0.4, -0.2) is 29.3 Å². The fourth-order valence-electron chi connectivity index (χ4n) is 5.11. The molecule has 3 aliphatic carbocycles. The molecule has 5 heteroatoms. The van der Waals surface area contributed by atoms with Crippen LogP contribution >= 0.6 is 0 Å². The molecule has 2 N–H and O–H groups in total. The van der Waals surface area contributed by atoms with Crippen LogP contribution in [-0.2, 0) is 9.53 Å². The van der Waals surface area contributed by atoms with E-state index in [1.807, 2.05) is 24.3 Å². The Bertz CT molecular complexity index is 923. The minimum Gasteiger partial charge on any atom is -0.480 e. The van der Waals surface area contributed by atoms with Crippen molar-refractivity contribution in [3.63, 3.8) is 0 Å². The zero-order valence-electron chi connectivity index (χ0n) is 16.3. The van der Waals surface area contributed by atoms with Gasteiger partial charge in [-0.1, -0.05) is 48.5 Å². The maximum Gasteiger partial charge on any atom is 0.408 e. The van der Waals surface area contributed by atoms with Crippen LogP contribution in [0.15, 0.2) is 48.5 Å². The Balaban J connectivity index is 1.29. The van der Waals surface area contributed by atoms with E-state index >= 15 is 0 Å². The van der Waals surface area contributed by atoms with Crippen molar-refractivity contribution in [3.8, 4) is 11.1 Å². The first-order valence-corrected chi connectivity index (χ1v) is 10.4. The molecule has 0 aliphatic heterocycles. The number of carboxylic acids is 1. The molecule has 0 bridgehead atoms. The summed E-state index contributed by atoms with van der Waals surface area (Å²) in [4.78, 5) is 24.5. The van der Waals surface area contributed by atoms with E-state index in [9.17, 15) is 14.7 Å². The largest absolute Gasteiger partial charge is 0.480 e. The number of rotatable bonds is 4. The molecule has 2 aromatic rings. The second kappa shape index (κ2) is 6.61. The van der Waals surface area contributed by atoms with Gasteiger partial charge in [0.05, 0.1) is 0 Å². The first-order chi connectivity index (χ1) is 14.0. The minimum absolute atomic E-state index is 0.0324. The highest BCUT2D eigenvalue weighted by Gasteiger charge is 2.53. The number of fused-ring (bicyclic) bond motifs is 3. The van der Waals surface area contributed by atoms with Crippen LogP contribution in [0.1, 0.15) is 55.6 Å². The van der Waals surface area contributed by atoms with Crippen molar-refractivity contribution in [1.29, 1.82) is 0 Å². The summed E-state index contributed by atoms with van der Waals surface area (Å²) in [6.07, 6.45) is 4.42. The molecular weight excluding hydrogens is 366 g/mol. The lowest BCUT2D eigenvalue weighted by molar-refractivity contribution is -0.146. The van der Waals surface area contributed by atoms with E-state index < -0.39 is 17.6 Å². The predicted molar refractivity (Wildman–Crippen MR) is 109 cm³/mol. The van der Waals surface area contributed by atoms with Crippen LogP contribution in [0.2, 0.25) is 0 Å². The lowest BCUT2D eigenvalue weighted by Gasteiger charge is -2.37. The number of nitrogens with one attached hydrogen (secondary N) is 1. The van der Waals surface area contributed by atoms with Crippen LogP contribution < -0.4 is 5.32 Å². The molecule has 0 radical (unpaired) electrons. The normalized spacial score (nSPS) is 20.6. The number of ether oxygens (including phenoxy) is 1. The van der Waals surface area contributed by atoms with Crippen molar-refractivity contribution in [3.05, 3.63) is 59.7 Å². The number of benzene rings is 2. The summed E-state index contributed by atoms with van der Waals surface area (Å²) >= 11 is 0. The number of carbonyl (C=O) groups excluding carboxylic acids is 1. The smallest absolute Gasteiger partial charge is 0.408 e. The monoisotopic (exact) mass is 391 g/mol. The van der Waals surface area contributed by atoms with E-state index in [2.05, 4.69) is 29.6 Å². The van der Waals surface area contributed by atoms with Gasteiger partial charge in [0, 0.05) is 5.92 Å². The minimum atomic E-state index is -1.20. The standard InChI is InChI=1S/C24H25NO4/c26-21(27)24(13-11-23(9-10-23)12-14-24)25-22(28)29-15-20-18-7-3-1-5-16(18)17-6-2-4-8-19(17)20/h1-8,20H,9-15H2,(H,25,28)(H,26,27). The molecule has 1 amide bonds. The summed E-state index contributed by atoms with van der Waals surface area (Å²) in [5.74, 6) is -0.989. The second-order valence-corrected chi connectivity index (χ2v) is 8.84. The fourth-order valence-corrected chi connectivity index (χ4v) is 5.11. The molecule has 29 heavy (non-hydrogen) atoms. The highest BCUT2D eigenvalue weighted by molar-refractivity contribution is 5.85. The van der Waals surface area contributed by atoms with Crippen LogP contribution in [0.25, 0.3) is 11.1 Å². The Hall–Kier alpha value is -2.82. The number of carbonyl (C=O) groups is 2. The van der Waals surface area contributed by atoms with Crippen LogP contribution in [0, 0.1) is 5.41 Å². The Labute approximate surface area is 170 Å². The maximum atomic E-state index is 12.6. The number of carboxylic acid groups (broad SMARTS) is 1. The number of hydrogen-bond donors (Lipinski definition) is 2. The Morgan fingerprint density at radius 3 is 1.93 bits per heavy atom. The topological polar surface area (TPSA) is 75.6 Å². The van der Waals surface area contributed by atoms with E-state index in [0.29, 0.717) is 18.3 Å². The van der Waals surface area contributed by atoms with Gasteiger partial charge in [0.1, 0.15) is 12.1 Å². The van der Waals surface area contributed by atoms with Gasteiger partial charge in [-0.2, -0.15) is 0 Å². The van der Waals surface area contributed by atoms with Gasteiger partial charge in [-0.15, -0.1) is 0 Å². The van der Waals surface area contributed by atoms with Gasteiger partial charge < -0.3 is 15.2 Å². The average molecular weight is 391 g/mol. The third-order valence-electron chi connectivity index (χ3n) is 7.22. The van der Waals surface area contributed by atoms with Gasteiger partial charge in [-0.3, -0.25) is 0 Å². The summed E-state index contributed by atoms with van der Waals surface area (Å²) < 4.78 is 5.57. The summed E-state index contributed by atoms with van der Waals surface area (Å²) in [7, 11) is 0. The molecule has 150 valence electrons. The average Bonchev–Trinajstić information content (AvgIpc) is 3.42. The number of hydrogen-bond acceptors (Lipinski definition) is 3. The van der Waals surface area contributed by atoms with Crippen molar-refractivity contribution in [1.82, 2.24) is 5.32 Å². The number of alkyl carbamates (subject to hydrolysis) is 1. The highest BCUT2D eigenvalue weighted by atomic mass is 16.5. The molecule has 0 heterocycles. The maximum absolute atomic E-state index is 12.6. The first-order valence-electron chi connectivity index (χ1n) is 10.4. The Morgan fingerprint density at radius 2 is 1.41 bits per heavy atom. The fraction of sp³-hybridized carbons (Fsp3) is 0.417. The molecule has 5 nitrogen and oxygen atoms in total. The first kappa shape index (κ1) is 18.2. The quantitative estimate of drug-likeness (QED) is 0.792. The molecule has 1 spiro atoms. The van der Waals surface area contributed by atoms with Crippen molar-refractivity contribution in [2.45, 2.75) is 50.0 Å². The van der Waals surface area contributed by atoms with E-state index in [4.69, 9.17) is 4.74 Å². The van der Waals surface area contributed by atoms with Gasteiger partial charge >= 0.3 is 12.1 Å². The summed E-state index contributed by atoms with van der Waals surface area (Å²) in [6.45, 7) is 0.194. The molecule has 0 saturated heterocycles. The molecule has 0 aromatic heterocycles. The molecule has 0 atom stereocenters. The zero-order valence-corrected chi connectivity index (χ0v) is 16.3. The van der Waals surface area contributed by atoms with Gasteiger partial charge in [-0.05, 0) is 66.2 Å². The van der Waals surface area contributed by atoms with Crippen LogP contribution in [0.4, 0.5) is 4.79 Å². The van der Waals surface area contributed by atoms with E-state index in [1.54, 1.807) is 0 Å². The van der Waals surface area contributed by atoms with Gasteiger partial charge in [0.25, 0.3) is 0 Å². The third-order valence-corrected chi connectivity index (χ3v) is 7.22. The van der Waals surface area contributed by atoms with Crippen molar-refractivity contribution >= 4 is 12.1 Å². The van der Waals surface area contributed by atoms with Crippen LogP contribution in [0.5, 0.6) is 0 Å². The van der Waals surface area contributed by atoms with Gasteiger partial charge in [0.15, 0.2) is 0 Å². The summed E-state index contributed by atoms with van der Waals surface area (Å²) in [5, 5.41) is 12.5. The summed E-state index contributed by atoms with van der Waals surface area (Å²) in [5.41, 5.74) is 3.77. The van der Waals surface area contributed by atoms with Crippen molar-refractivity contribution < 1.29 is 19.4 Å². The van der Waals surface area contributed by atoms with Crippen LogP contribution in [0.3, 0.4) is 0 Å². The van der Waals surface area contributed by atoms with Gasteiger partial charge in [0.2, 0.25) is 0 Å². The predicted octanol–water partition coefficient (Wildman–Crippen LogP) is 4.70. The van der Waals surface area contributed by atoms with Gasteiger partial charge in [-0.25, -0.2) is 9.59 Å². The van der Waals surface area contributed by atoms with E-state index in [-0.39, 0.29) is 12.5 Å². The molecule has 0 unspecified atom stereocenters. The molecule has 5 rings (SSSR count). The molecule has 2 aromatic carbocycles. The Kier molecular flexibility index (Phi) is 4.16. The SMILES string of the molecule is O=C(NC1(C(=O)O)CCC2(CC2)CC1)OCC1c2ccccc2-c2ccccc21. The highest BCUT2D eigenvalue weighted by Crippen LogP contribution is 2.57. The van der Waals surface area contributed by atoms with E-state index in [1.165, 1.54) is 24.0 Å². The molecular formula is C24H25NO4. The third kappa shape index (κ3) is 3.09. The summed E-state index contributed by atoms with van der Waals surface area (Å²) in [6, 6.07) is 16.3. The number of aliphatic carboxylic acids is 1. The zero-order chi connectivity index (χ0) is 20.1. The molecule has 2 fully saturated rings.